The summed E-state index contributed by atoms with van der Waals surface area (Å²) >= 11 is 0. The number of hydrogen-bond acceptors (Lipinski definition) is 5. The number of aromatic nitrogens is 2. The van der Waals surface area contributed by atoms with E-state index in [0.29, 0.717) is 6.54 Å². The lowest BCUT2D eigenvalue weighted by atomic mass is 9.92. The average Bonchev–Trinajstić information content (AvgIpc) is 3.63. The van der Waals surface area contributed by atoms with Crippen molar-refractivity contribution in [1.82, 2.24) is 20.4 Å². The van der Waals surface area contributed by atoms with Crippen molar-refractivity contribution in [3.63, 3.8) is 0 Å². The van der Waals surface area contributed by atoms with Gasteiger partial charge in [-0.05, 0) is 79.0 Å². The topological polar surface area (TPSA) is 108 Å². The van der Waals surface area contributed by atoms with Gasteiger partial charge in [-0.3, -0.25) is 14.8 Å². The van der Waals surface area contributed by atoms with Gasteiger partial charge in [-0.25, -0.2) is 4.79 Å². The maximum absolute atomic E-state index is 12.6. The van der Waals surface area contributed by atoms with E-state index >= 15 is 0 Å². The second-order valence-corrected chi connectivity index (χ2v) is 11.2. The number of aromatic amines is 1. The number of rotatable bonds is 7. The second-order valence-electron chi connectivity index (χ2n) is 11.2. The van der Waals surface area contributed by atoms with Gasteiger partial charge in [-0.15, -0.1) is 0 Å². The van der Waals surface area contributed by atoms with Crippen molar-refractivity contribution >= 4 is 41.0 Å². The van der Waals surface area contributed by atoms with Gasteiger partial charge in [0.2, 0.25) is 5.91 Å². The lowest BCUT2D eigenvalue weighted by Crippen LogP contribution is -2.29. The van der Waals surface area contributed by atoms with E-state index < -0.39 is 12.1 Å². The zero-order valence-electron chi connectivity index (χ0n) is 25.3. The average molecular weight is 633 g/mol. The largest absolute Gasteiger partial charge is 0.496 e. The van der Waals surface area contributed by atoms with E-state index in [0.717, 1.165) is 51.2 Å². The van der Waals surface area contributed by atoms with Gasteiger partial charge in [-0.2, -0.15) is 18.3 Å². The zero-order valence-corrected chi connectivity index (χ0v) is 25.3. The summed E-state index contributed by atoms with van der Waals surface area (Å²) in [6.07, 6.45) is 4.91. The van der Waals surface area contributed by atoms with E-state index in [1.54, 1.807) is 7.11 Å². The number of carboxylic acid groups (broad SMARTS) is 1. The molecule has 0 saturated carbocycles. The highest BCUT2D eigenvalue weighted by Crippen LogP contribution is 2.31. The monoisotopic (exact) mass is 632 g/mol. The molecule has 240 valence electrons. The lowest BCUT2D eigenvalue weighted by Gasteiger charge is -2.26. The van der Waals surface area contributed by atoms with Crippen LogP contribution in [0.25, 0.3) is 29.1 Å². The molecule has 1 unspecified atom stereocenters. The number of aliphatic carboxylic acids is 1. The number of alkyl halides is 3. The van der Waals surface area contributed by atoms with Crippen LogP contribution in [-0.2, 0) is 16.1 Å². The summed E-state index contributed by atoms with van der Waals surface area (Å²) in [5, 5.41) is 18.9. The number of hydrogen-bond donors (Lipinski definition) is 3. The van der Waals surface area contributed by atoms with Crippen molar-refractivity contribution in [1.29, 1.82) is 0 Å². The predicted molar refractivity (Wildman–Crippen MR) is 171 cm³/mol. The number of amides is 1. The normalized spacial score (nSPS) is 18.0. The molecular formula is C35H35F3N4O4. The van der Waals surface area contributed by atoms with Crippen molar-refractivity contribution in [3.05, 3.63) is 100 Å². The Morgan fingerprint density at radius 2 is 1.78 bits per heavy atom. The molecule has 1 amide bonds. The van der Waals surface area contributed by atoms with E-state index in [2.05, 4.69) is 69.0 Å². The fourth-order valence-corrected chi connectivity index (χ4v) is 5.70. The first-order valence-corrected chi connectivity index (χ1v) is 15.0. The molecular weight excluding hydrogens is 597 g/mol. The first-order chi connectivity index (χ1) is 22.1. The lowest BCUT2D eigenvalue weighted by molar-refractivity contribution is -0.192. The number of carbonyl (C=O) groups excluding carboxylic acids is 1. The maximum atomic E-state index is 12.6. The molecule has 8 nitrogen and oxygen atoms in total. The van der Waals surface area contributed by atoms with Crippen LogP contribution < -0.4 is 10.1 Å². The highest BCUT2D eigenvalue weighted by molar-refractivity contribution is 6.02. The molecule has 0 bridgehead atoms. The number of H-pyrrole nitrogens is 1. The number of halogens is 3. The second kappa shape index (κ2) is 14.5. The number of carboxylic acids is 1. The van der Waals surface area contributed by atoms with Crippen LogP contribution in [0.4, 0.5) is 13.2 Å². The van der Waals surface area contributed by atoms with Crippen LogP contribution in [0.5, 0.6) is 5.75 Å². The minimum atomic E-state index is -5.08. The van der Waals surface area contributed by atoms with Crippen molar-refractivity contribution in [2.24, 2.45) is 0 Å². The van der Waals surface area contributed by atoms with Gasteiger partial charge in [0.25, 0.3) is 0 Å². The molecule has 0 radical (unpaired) electrons. The number of ether oxygens (including phenoxy) is 1. The van der Waals surface area contributed by atoms with Gasteiger partial charge in [0.15, 0.2) is 0 Å². The van der Waals surface area contributed by atoms with Crippen LogP contribution in [0, 0.1) is 0 Å². The van der Waals surface area contributed by atoms with Crippen LogP contribution in [0.15, 0.2) is 72.3 Å². The van der Waals surface area contributed by atoms with Gasteiger partial charge in [0.1, 0.15) is 5.75 Å². The number of piperidine rings is 1. The van der Waals surface area contributed by atoms with E-state index in [1.165, 1.54) is 37.9 Å². The first-order valence-electron chi connectivity index (χ1n) is 15.0. The highest BCUT2D eigenvalue weighted by atomic mass is 19.4. The quantitative estimate of drug-likeness (QED) is 0.197. The minimum Gasteiger partial charge on any atom is -0.496 e. The fraction of sp³-hybridized carbons (Fsp3) is 0.286. The van der Waals surface area contributed by atoms with Gasteiger partial charge in [0, 0.05) is 35.5 Å². The minimum absolute atomic E-state index is 0.00641. The van der Waals surface area contributed by atoms with E-state index in [9.17, 15) is 18.0 Å². The summed E-state index contributed by atoms with van der Waals surface area (Å²) < 4.78 is 37.5. The summed E-state index contributed by atoms with van der Waals surface area (Å²) in [6, 6.07) is 22.8. The molecule has 2 fully saturated rings. The number of likely N-dealkylation sites (tertiary alicyclic amines) is 1. The van der Waals surface area contributed by atoms with Crippen LogP contribution in [-0.4, -0.2) is 65.0 Å². The molecule has 1 aromatic heterocycles. The summed E-state index contributed by atoms with van der Waals surface area (Å²) in [5.41, 5.74) is 7.01. The van der Waals surface area contributed by atoms with Crippen molar-refractivity contribution in [2.45, 2.75) is 37.9 Å². The Kier molecular flexibility index (Phi) is 10.2. The smallest absolute Gasteiger partial charge is 0.490 e. The van der Waals surface area contributed by atoms with Crippen molar-refractivity contribution in [3.8, 4) is 5.75 Å². The Bertz CT molecular complexity index is 1740. The molecule has 46 heavy (non-hydrogen) atoms. The standard InChI is InChI=1S/C33H34N4O2.C2HF3O2/c1-39-32-20-24(22-37-16-6-3-7-17-37)10-12-26(32)13-15-30-27-14-11-23(19-31(27)36-35-30)18-28-29(21-34-33(28)38)25-8-4-2-5-9-25;3-2(4,5)1(6)7/h2,4-5,8-15,18-20,29H,3,6-7,16-17,21-22H2,1H3,(H,34,38)(H,35,36);(H,6,7)/b15-13+,28-18+;. The Morgan fingerprint density at radius 3 is 2.48 bits per heavy atom. The number of nitrogens with one attached hydrogen (secondary N) is 2. The molecule has 6 rings (SSSR count). The molecule has 3 aromatic carbocycles. The SMILES string of the molecule is COc1cc(CN2CCCCC2)ccc1/C=C/c1n[nH]c2cc(/C=C3/C(=O)NCC3c3ccccc3)ccc12.O=C(O)C(F)(F)F. The molecule has 4 aromatic rings. The molecule has 3 N–H and O–H groups in total. The molecule has 2 saturated heterocycles. The third-order valence-electron chi connectivity index (χ3n) is 8.06. The third kappa shape index (κ3) is 8.02. The predicted octanol–water partition coefficient (Wildman–Crippen LogP) is 6.66. The van der Waals surface area contributed by atoms with Gasteiger partial charge >= 0.3 is 12.1 Å². The molecule has 1 atom stereocenters. The summed E-state index contributed by atoms with van der Waals surface area (Å²) in [4.78, 5) is 24.0. The number of benzene rings is 3. The van der Waals surface area contributed by atoms with Crippen molar-refractivity contribution in [2.75, 3.05) is 26.7 Å². The van der Waals surface area contributed by atoms with E-state index in [-0.39, 0.29) is 11.8 Å². The Hall–Kier alpha value is -4.90. The van der Waals surface area contributed by atoms with E-state index in [4.69, 9.17) is 14.6 Å². The molecule has 0 aliphatic carbocycles. The molecule has 0 spiro atoms. The third-order valence-corrected chi connectivity index (χ3v) is 8.06. The summed E-state index contributed by atoms with van der Waals surface area (Å²) in [7, 11) is 1.73. The molecule has 2 aliphatic heterocycles. The van der Waals surface area contributed by atoms with Gasteiger partial charge in [0.05, 0.1) is 18.3 Å². The summed E-state index contributed by atoms with van der Waals surface area (Å²) in [5.74, 6) is -1.84. The first kappa shape index (κ1) is 32.5. The number of fused-ring (bicyclic) bond motifs is 1. The Labute approximate surface area is 264 Å². The van der Waals surface area contributed by atoms with Gasteiger partial charge < -0.3 is 15.2 Å². The fourth-order valence-electron chi connectivity index (χ4n) is 5.70. The van der Waals surface area contributed by atoms with Crippen LogP contribution in [0.3, 0.4) is 0 Å². The molecule has 2 aliphatic rings. The van der Waals surface area contributed by atoms with Crippen molar-refractivity contribution < 1.29 is 32.6 Å². The zero-order chi connectivity index (χ0) is 32.7. The van der Waals surface area contributed by atoms with Gasteiger partial charge in [-0.1, -0.05) is 55.0 Å². The number of nitrogens with zero attached hydrogens (tertiary/aromatic N) is 2. The maximum Gasteiger partial charge on any atom is 0.490 e. The highest BCUT2D eigenvalue weighted by Gasteiger charge is 2.38. The Morgan fingerprint density at radius 1 is 1.04 bits per heavy atom. The number of carbonyl (C=O) groups is 2. The van der Waals surface area contributed by atoms with Crippen LogP contribution >= 0.6 is 0 Å². The number of methoxy groups -OCH3 is 1. The Balaban J connectivity index is 0.000000537. The summed E-state index contributed by atoms with van der Waals surface area (Å²) in [6.45, 7) is 3.95. The molecule has 11 heteroatoms. The van der Waals surface area contributed by atoms with E-state index in [1.807, 2.05) is 36.4 Å². The van der Waals surface area contributed by atoms with Crippen LogP contribution in [0.1, 0.15) is 53.1 Å². The molecule has 3 heterocycles. The van der Waals surface area contributed by atoms with Crippen LogP contribution in [0.2, 0.25) is 0 Å².